The number of aliphatic imine (C=N–C) groups is 1. The normalized spacial score (nSPS) is 11.5. The van der Waals surface area contributed by atoms with Crippen molar-refractivity contribution in [1.29, 1.82) is 0 Å². The van der Waals surface area contributed by atoms with Crippen molar-refractivity contribution in [3.63, 3.8) is 0 Å². The van der Waals surface area contributed by atoms with E-state index in [1.54, 1.807) is 18.2 Å². The summed E-state index contributed by atoms with van der Waals surface area (Å²) in [6.45, 7) is -3.03. The Labute approximate surface area is 142 Å². The Bertz CT molecular complexity index is 738. The van der Waals surface area contributed by atoms with Gasteiger partial charge in [-0.3, -0.25) is 4.99 Å². The highest BCUT2D eigenvalue weighted by atomic mass is 19.3. The Morgan fingerprint density at radius 2 is 1.68 bits per heavy atom. The third kappa shape index (κ3) is 5.37. The van der Waals surface area contributed by atoms with Gasteiger partial charge < -0.3 is 15.4 Å². The van der Waals surface area contributed by atoms with Crippen LogP contribution in [0.3, 0.4) is 0 Å². The highest BCUT2D eigenvalue weighted by Gasteiger charge is 2.14. The van der Waals surface area contributed by atoms with Crippen LogP contribution in [0.4, 0.5) is 17.6 Å². The first-order valence-electron chi connectivity index (χ1n) is 7.41. The van der Waals surface area contributed by atoms with E-state index in [0.717, 1.165) is 6.07 Å². The Morgan fingerprint density at radius 3 is 2.36 bits per heavy atom. The van der Waals surface area contributed by atoms with E-state index in [2.05, 4.69) is 20.4 Å². The fourth-order valence-corrected chi connectivity index (χ4v) is 2.13. The molecule has 0 unspecified atom stereocenters. The lowest BCUT2D eigenvalue weighted by molar-refractivity contribution is -0.0506. The SMILES string of the molecule is CN=C(NCc1ccccc1F)NCc1c(F)cccc1OC(F)F. The Balaban J connectivity index is 2.00. The van der Waals surface area contributed by atoms with Crippen molar-refractivity contribution >= 4 is 5.96 Å². The summed E-state index contributed by atoms with van der Waals surface area (Å²) in [5, 5.41) is 5.65. The predicted octanol–water partition coefficient (Wildman–Crippen LogP) is 3.43. The monoisotopic (exact) mass is 355 g/mol. The summed E-state index contributed by atoms with van der Waals surface area (Å²) in [4.78, 5) is 3.93. The number of rotatable bonds is 6. The number of benzene rings is 2. The quantitative estimate of drug-likeness (QED) is 0.474. The molecular formula is C17H17F4N3O. The largest absolute Gasteiger partial charge is 0.434 e. The van der Waals surface area contributed by atoms with Crippen molar-refractivity contribution < 1.29 is 22.3 Å². The molecule has 25 heavy (non-hydrogen) atoms. The van der Waals surface area contributed by atoms with Gasteiger partial charge in [-0.25, -0.2) is 8.78 Å². The summed E-state index contributed by atoms with van der Waals surface area (Å²) in [6.07, 6.45) is 0. The van der Waals surface area contributed by atoms with E-state index < -0.39 is 12.4 Å². The second kappa shape index (κ2) is 8.91. The average Bonchev–Trinajstić information content (AvgIpc) is 2.57. The Hall–Kier alpha value is -2.77. The highest BCUT2D eigenvalue weighted by Crippen LogP contribution is 2.23. The van der Waals surface area contributed by atoms with Crippen molar-refractivity contribution in [2.75, 3.05) is 7.05 Å². The number of hydrogen-bond donors (Lipinski definition) is 2. The minimum absolute atomic E-state index is 0.0587. The van der Waals surface area contributed by atoms with Gasteiger partial charge in [0, 0.05) is 31.3 Å². The first-order chi connectivity index (χ1) is 12.0. The molecule has 0 aliphatic carbocycles. The zero-order valence-corrected chi connectivity index (χ0v) is 13.4. The van der Waals surface area contributed by atoms with Crippen molar-refractivity contribution in [3.8, 4) is 5.75 Å². The predicted molar refractivity (Wildman–Crippen MR) is 86.5 cm³/mol. The highest BCUT2D eigenvalue weighted by molar-refractivity contribution is 5.79. The fourth-order valence-electron chi connectivity index (χ4n) is 2.13. The average molecular weight is 355 g/mol. The minimum Gasteiger partial charge on any atom is -0.434 e. The maximum atomic E-state index is 13.9. The van der Waals surface area contributed by atoms with Crippen LogP contribution in [0.15, 0.2) is 47.5 Å². The van der Waals surface area contributed by atoms with Gasteiger partial charge in [0.05, 0.1) is 0 Å². The van der Waals surface area contributed by atoms with Crippen LogP contribution >= 0.6 is 0 Å². The first kappa shape index (κ1) is 18.6. The third-order valence-corrected chi connectivity index (χ3v) is 3.35. The van der Waals surface area contributed by atoms with Crippen LogP contribution in [0.1, 0.15) is 11.1 Å². The maximum absolute atomic E-state index is 13.9. The molecule has 134 valence electrons. The third-order valence-electron chi connectivity index (χ3n) is 3.35. The number of alkyl halides is 2. The van der Waals surface area contributed by atoms with Crippen LogP contribution in [-0.2, 0) is 13.1 Å². The molecular weight excluding hydrogens is 338 g/mol. The zero-order chi connectivity index (χ0) is 18.2. The van der Waals surface area contributed by atoms with Gasteiger partial charge in [0.2, 0.25) is 0 Å². The minimum atomic E-state index is -3.06. The van der Waals surface area contributed by atoms with Crippen LogP contribution in [0.25, 0.3) is 0 Å². The summed E-state index contributed by atoms with van der Waals surface area (Å²) in [6, 6.07) is 9.90. The number of nitrogens with one attached hydrogen (secondary N) is 2. The molecule has 0 aliphatic rings. The van der Waals surface area contributed by atoms with Crippen molar-refractivity contribution in [3.05, 3.63) is 65.2 Å². The molecule has 0 aliphatic heterocycles. The van der Waals surface area contributed by atoms with Gasteiger partial charge in [-0.05, 0) is 18.2 Å². The summed E-state index contributed by atoms with van der Waals surface area (Å²) in [5.41, 5.74) is 0.370. The second-order valence-electron chi connectivity index (χ2n) is 4.97. The molecule has 2 rings (SSSR count). The number of guanidine groups is 1. The van der Waals surface area contributed by atoms with Crippen molar-refractivity contribution in [2.24, 2.45) is 4.99 Å². The number of ether oxygens (including phenoxy) is 1. The number of halogens is 4. The van der Waals surface area contributed by atoms with Gasteiger partial charge in [0.1, 0.15) is 17.4 Å². The van der Waals surface area contributed by atoms with Crippen LogP contribution in [-0.4, -0.2) is 19.6 Å². The van der Waals surface area contributed by atoms with E-state index in [1.165, 1.54) is 25.2 Å². The summed E-state index contributed by atoms with van der Waals surface area (Å²) in [5.74, 6) is -1.05. The van der Waals surface area contributed by atoms with Crippen LogP contribution < -0.4 is 15.4 Å². The lowest BCUT2D eigenvalue weighted by Crippen LogP contribution is -2.36. The molecule has 0 radical (unpaired) electrons. The molecule has 0 aromatic heterocycles. The molecule has 0 bridgehead atoms. The molecule has 4 nitrogen and oxygen atoms in total. The molecule has 0 amide bonds. The molecule has 2 aromatic carbocycles. The van der Waals surface area contributed by atoms with Crippen LogP contribution in [0.5, 0.6) is 5.75 Å². The summed E-state index contributed by atoms with van der Waals surface area (Å²) < 4.78 is 56.6. The first-order valence-corrected chi connectivity index (χ1v) is 7.41. The van der Waals surface area contributed by atoms with Gasteiger partial charge >= 0.3 is 6.61 Å². The van der Waals surface area contributed by atoms with E-state index in [-0.39, 0.29) is 36.2 Å². The zero-order valence-electron chi connectivity index (χ0n) is 13.4. The molecule has 0 fully saturated rings. The number of hydrogen-bond acceptors (Lipinski definition) is 2. The molecule has 0 saturated carbocycles. The lowest BCUT2D eigenvalue weighted by atomic mass is 10.2. The standard InChI is InChI=1S/C17H17F4N3O/c1-22-17(23-9-11-5-2-3-6-13(11)18)24-10-12-14(19)7-4-8-15(12)25-16(20)21/h2-8,16H,9-10H2,1H3,(H2,22,23,24). The Kier molecular flexibility index (Phi) is 6.62. The van der Waals surface area contributed by atoms with E-state index in [1.807, 2.05) is 0 Å². The van der Waals surface area contributed by atoms with E-state index >= 15 is 0 Å². The van der Waals surface area contributed by atoms with Crippen molar-refractivity contribution in [2.45, 2.75) is 19.7 Å². The maximum Gasteiger partial charge on any atom is 0.387 e. The molecule has 2 N–H and O–H groups in total. The van der Waals surface area contributed by atoms with Gasteiger partial charge in [-0.15, -0.1) is 0 Å². The molecule has 0 atom stereocenters. The van der Waals surface area contributed by atoms with E-state index in [9.17, 15) is 17.6 Å². The van der Waals surface area contributed by atoms with Gasteiger partial charge in [-0.1, -0.05) is 24.3 Å². The second-order valence-corrected chi connectivity index (χ2v) is 4.97. The van der Waals surface area contributed by atoms with Gasteiger partial charge in [-0.2, -0.15) is 8.78 Å². The van der Waals surface area contributed by atoms with Crippen LogP contribution in [0.2, 0.25) is 0 Å². The van der Waals surface area contributed by atoms with E-state index in [0.29, 0.717) is 5.56 Å². The van der Waals surface area contributed by atoms with Crippen molar-refractivity contribution in [1.82, 2.24) is 10.6 Å². The molecule has 2 aromatic rings. The summed E-state index contributed by atoms with van der Waals surface area (Å²) in [7, 11) is 1.48. The molecule has 0 saturated heterocycles. The molecule has 8 heteroatoms. The fraction of sp³-hybridized carbons (Fsp3) is 0.235. The van der Waals surface area contributed by atoms with Gasteiger partial charge in [0.25, 0.3) is 0 Å². The van der Waals surface area contributed by atoms with Gasteiger partial charge in [0.15, 0.2) is 5.96 Å². The summed E-state index contributed by atoms with van der Waals surface area (Å²) >= 11 is 0. The molecule has 0 spiro atoms. The topological polar surface area (TPSA) is 45.7 Å². The lowest BCUT2D eigenvalue weighted by Gasteiger charge is -2.15. The Morgan fingerprint density at radius 1 is 1.00 bits per heavy atom. The number of nitrogens with zero attached hydrogens (tertiary/aromatic N) is 1. The van der Waals surface area contributed by atoms with Crippen LogP contribution in [0, 0.1) is 11.6 Å². The van der Waals surface area contributed by atoms with E-state index in [4.69, 9.17) is 0 Å². The molecule has 0 heterocycles. The smallest absolute Gasteiger partial charge is 0.387 e.